The molecule has 1 aromatic rings. The summed E-state index contributed by atoms with van der Waals surface area (Å²) in [5.74, 6) is -0.0629. The van der Waals surface area contributed by atoms with Crippen LogP contribution in [0.3, 0.4) is 0 Å². The van der Waals surface area contributed by atoms with E-state index in [0.717, 1.165) is 45.2 Å². The van der Waals surface area contributed by atoms with Crippen molar-refractivity contribution in [2.75, 3.05) is 18.4 Å². The number of nitrogens with one attached hydrogen (secondary N) is 1. The lowest BCUT2D eigenvalue weighted by Gasteiger charge is -2.36. The highest BCUT2D eigenvalue weighted by Gasteiger charge is 2.40. The Morgan fingerprint density at radius 3 is 2.14 bits per heavy atom. The van der Waals surface area contributed by atoms with Crippen molar-refractivity contribution in [1.82, 2.24) is 4.90 Å². The zero-order valence-corrected chi connectivity index (χ0v) is 13.3. The monoisotopic (exact) mass is 323 g/mol. The lowest BCUT2D eigenvalue weighted by Crippen LogP contribution is -2.56. The molecule has 1 heterocycles. The predicted octanol–water partition coefficient (Wildman–Crippen LogP) is 2.16. The molecule has 2 aliphatic rings. The van der Waals surface area contributed by atoms with E-state index in [9.17, 15) is 9.59 Å². The molecule has 2 amide bonds. The first-order valence-electron chi connectivity index (χ1n) is 7.58. The van der Waals surface area contributed by atoms with E-state index in [1.54, 1.807) is 24.3 Å². The van der Waals surface area contributed by atoms with Crippen LogP contribution in [0.2, 0.25) is 0 Å². The molecule has 5 nitrogen and oxygen atoms in total. The number of carbonyl (C=O) groups is 2. The molecule has 1 aliphatic heterocycles. The Labute approximate surface area is 136 Å². The number of hydrogen-bond acceptors (Lipinski definition) is 3. The van der Waals surface area contributed by atoms with Gasteiger partial charge in [0, 0.05) is 24.3 Å². The summed E-state index contributed by atoms with van der Waals surface area (Å²) in [6, 6.07) is 7.06. The number of nitrogens with two attached hydrogens (primary N) is 1. The summed E-state index contributed by atoms with van der Waals surface area (Å²) in [7, 11) is 0. The largest absolute Gasteiger partial charge is 0.339 e. The molecule has 22 heavy (non-hydrogen) atoms. The topological polar surface area (TPSA) is 75.4 Å². The zero-order chi connectivity index (χ0) is 14.9. The lowest BCUT2D eigenvalue weighted by atomic mass is 9.77. The second-order valence-corrected chi connectivity index (χ2v) is 6.04. The highest BCUT2D eigenvalue weighted by molar-refractivity contribution is 5.99. The van der Waals surface area contributed by atoms with Crippen molar-refractivity contribution >= 4 is 29.9 Å². The molecule has 0 spiro atoms. The first kappa shape index (κ1) is 16.8. The van der Waals surface area contributed by atoms with E-state index in [2.05, 4.69) is 5.32 Å². The number of anilines is 1. The van der Waals surface area contributed by atoms with Gasteiger partial charge in [-0.25, -0.2) is 0 Å². The molecule has 1 aromatic carbocycles. The summed E-state index contributed by atoms with van der Waals surface area (Å²) >= 11 is 0. The van der Waals surface area contributed by atoms with Gasteiger partial charge in [0.1, 0.15) is 0 Å². The minimum Gasteiger partial charge on any atom is -0.339 e. The van der Waals surface area contributed by atoms with Gasteiger partial charge in [0.2, 0.25) is 5.91 Å². The minimum atomic E-state index is -0.704. The summed E-state index contributed by atoms with van der Waals surface area (Å²) in [4.78, 5) is 26.1. The van der Waals surface area contributed by atoms with Crippen molar-refractivity contribution in [3.63, 3.8) is 0 Å². The second kappa shape index (κ2) is 6.67. The number of halogens is 1. The fraction of sp³-hybridized carbons (Fsp3) is 0.500. The van der Waals surface area contributed by atoms with Gasteiger partial charge in [0.15, 0.2) is 0 Å². The first-order chi connectivity index (χ1) is 10.1. The van der Waals surface area contributed by atoms with Crippen LogP contribution in [0, 0.1) is 0 Å². The molecular formula is C16H22ClN3O2. The molecule has 0 radical (unpaired) electrons. The fourth-order valence-corrected chi connectivity index (χ4v) is 2.84. The van der Waals surface area contributed by atoms with Crippen LogP contribution in [0.15, 0.2) is 24.3 Å². The lowest BCUT2D eigenvalue weighted by molar-refractivity contribution is -0.123. The Morgan fingerprint density at radius 2 is 1.64 bits per heavy atom. The fourth-order valence-electron chi connectivity index (χ4n) is 2.84. The number of rotatable bonds is 3. The molecule has 3 N–H and O–H groups in total. The summed E-state index contributed by atoms with van der Waals surface area (Å²) in [5, 5.41) is 2.83. The van der Waals surface area contributed by atoms with Crippen LogP contribution >= 0.6 is 12.4 Å². The van der Waals surface area contributed by atoms with Gasteiger partial charge in [-0.15, -0.1) is 12.4 Å². The average molecular weight is 324 g/mol. The maximum absolute atomic E-state index is 12.2. The van der Waals surface area contributed by atoms with Gasteiger partial charge in [-0.2, -0.15) is 0 Å². The van der Waals surface area contributed by atoms with Crippen LogP contribution in [0.25, 0.3) is 0 Å². The molecule has 1 aliphatic carbocycles. The molecular weight excluding hydrogens is 302 g/mol. The number of hydrogen-bond donors (Lipinski definition) is 2. The number of amides is 2. The number of likely N-dealkylation sites (tertiary alicyclic amines) is 1. The van der Waals surface area contributed by atoms with Crippen LogP contribution in [-0.4, -0.2) is 35.3 Å². The van der Waals surface area contributed by atoms with Gasteiger partial charge < -0.3 is 16.0 Å². The highest BCUT2D eigenvalue weighted by atomic mass is 35.5. The maximum atomic E-state index is 12.2. The Kier molecular flexibility index (Phi) is 5.08. The first-order valence-corrected chi connectivity index (χ1v) is 7.58. The summed E-state index contributed by atoms with van der Waals surface area (Å²) in [6.07, 6.45) is 4.65. The van der Waals surface area contributed by atoms with Crippen molar-refractivity contribution in [2.24, 2.45) is 5.73 Å². The van der Waals surface area contributed by atoms with Crippen molar-refractivity contribution in [3.05, 3.63) is 29.8 Å². The van der Waals surface area contributed by atoms with E-state index >= 15 is 0 Å². The van der Waals surface area contributed by atoms with Crippen molar-refractivity contribution in [3.8, 4) is 0 Å². The van der Waals surface area contributed by atoms with Crippen molar-refractivity contribution < 1.29 is 9.59 Å². The van der Waals surface area contributed by atoms with Crippen LogP contribution in [-0.2, 0) is 4.79 Å². The van der Waals surface area contributed by atoms with Crippen molar-refractivity contribution in [1.29, 1.82) is 0 Å². The van der Waals surface area contributed by atoms with E-state index in [1.165, 1.54) is 0 Å². The van der Waals surface area contributed by atoms with Gasteiger partial charge in [0.05, 0.1) is 5.54 Å². The predicted molar refractivity (Wildman–Crippen MR) is 88.2 cm³/mol. The Morgan fingerprint density at radius 1 is 1.05 bits per heavy atom. The van der Waals surface area contributed by atoms with Crippen LogP contribution in [0.1, 0.15) is 42.5 Å². The molecule has 0 atom stereocenters. The Bertz CT molecular complexity index is 549. The molecule has 1 saturated heterocycles. The third-order valence-electron chi connectivity index (χ3n) is 4.48. The average Bonchev–Trinajstić information content (AvgIpc) is 2.99. The van der Waals surface area contributed by atoms with E-state index in [0.29, 0.717) is 11.3 Å². The smallest absolute Gasteiger partial charge is 0.253 e. The minimum absolute atomic E-state index is 0. The zero-order valence-electron chi connectivity index (χ0n) is 12.5. The number of carbonyl (C=O) groups excluding carboxylic acids is 2. The third kappa shape index (κ3) is 3.25. The maximum Gasteiger partial charge on any atom is 0.253 e. The summed E-state index contributed by atoms with van der Waals surface area (Å²) in [5.41, 5.74) is 6.64. The van der Waals surface area contributed by atoms with Crippen LogP contribution < -0.4 is 11.1 Å². The Balaban J connectivity index is 0.00000176. The Hall–Kier alpha value is -1.59. The van der Waals surface area contributed by atoms with Crippen LogP contribution in [0.4, 0.5) is 5.69 Å². The van der Waals surface area contributed by atoms with Crippen LogP contribution in [0.5, 0.6) is 0 Å². The van der Waals surface area contributed by atoms with E-state index in [1.807, 2.05) is 4.90 Å². The summed E-state index contributed by atoms with van der Waals surface area (Å²) < 4.78 is 0. The van der Waals surface area contributed by atoms with Gasteiger partial charge in [0.25, 0.3) is 5.91 Å². The molecule has 2 fully saturated rings. The molecule has 1 saturated carbocycles. The standard InChI is InChI=1S/C16H21N3O2.ClH/c17-16(8-3-9-16)15(21)18-13-6-4-12(5-7-13)14(20)19-10-1-2-11-19;/h4-7H,1-3,8-11,17H2,(H,18,21);1H. The molecule has 0 aromatic heterocycles. The van der Waals surface area contributed by atoms with Crippen molar-refractivity contribution in [2.45, 2.75) is 37.6 Å². The van der Waals surface area contributed by atoms with Gasteiger partial charge in [-0.1, -0.05) is 0 Å². The second-order valence-electron chi connectivity index (χ2n) is 6.04. The van der Waals surface area contributed by atoms with Gasteiger partial charge >= 0.3 is 0 Å². The molecule has 0 unspecified atom stereocenters. The number of nitrogens with zero attached hydrogens (tertiary/aromatic N) is 1. The van der Waals surface area contributed by atoms with E-state index in [-0.39, 0.29) is 24.2 Å². The van der Waals surface area contributed by atoms with E-state index in [4.69, 9.17) is 5.73 Å². The molecule has 6 heteroatoms. The molecule has 3 rings (SSSR count). The number of benzene rings is 1. The van der Waals surface area contributed by atoms with E-state index < -0.39 is 5.54 Å². The van der Waals surface area contributed by atoms with Gasteiger partial charge in [-0.05, 0) is 56.4 Å². The third-order valence-corrected chi connectivity index (χ3v) is 4.48. The highest BCUT2D eigenvalue weighted by Crippen LogP contribution is 2.30. The normalized spacial score (nSPS) is 19.0. The molecule has 0 bridgehead atoms. The summed E-state index contributed by atoms with van der Waals surface area (Å²) in [6.45, 7) is 1.68. The quantitative estimate of drug-likeness (QED) is 0.895. The molecule has 120 valence electrons. The SMILES string of the molecule is Cl.NC1(C(=O)Nc2ccc(C(=O)N3CCCC3)cc2)CCC1. The van der Waals surface area contributed by atoms with Gasteiger partial charge in [-0.3, -0.25) is 9.59 Å².